The average molecular weight is 223 g/mol. The number of aromatic nitrogens is 2. The molecule has 1 aromatic heterocycles. The van der Waals surface area contributed by atoms with Gasteiger partial charge < -0.3 is 15.2 Å². The summed E-state index contributed by atoms with van der Waals surface area (Å²) in [4.78, 5) is 8.14. The summed E-state index contributed by atoms with van der Waals surface area (Å²) in [6.07, 6.45) is 6.43. The predicted octanol–water partition coefficient (Wildman–Crippen LogP) is 0.108. The van der Waals surface area contributed by atoms with Crippen LogP contribution in [0.4, 0.5) is 0 Å². The molecule has 0 aromatic carbocycles. The van der Waals surface area contributed by atoms with Crippen LogP contribution in [0.25, 0.3) is 0 Å². The van der Waals surface area contributed by atoms with Gasteiger partial charge >= 0.3 is 0 Å². The van der Waals surface area contributed by atoms with Crippen molar-refractivity contribution in [3.8, 4) is 0 Å². The fourth-order valence-electron chi connectivity index (χ4n) is 1.77. The van der Waals surface area contributed by atoms with E-state index in [1.54, 1.807) is 18.6 Å². The first-order chi connectivity index (χ1) is 7.79. The number of aliphatic hydroxyl groups is 1. The van der Waals surface area contributed by atoms with Crippen LogP contribution in [0.5, 0.6) is 0 Å². The van der Waals surface area contributed by atoms with Gasteiger partial charge in [-0.1, -0.05) is 0 Å². The lowest BCUT2D eigenvalue weighted by atomic mass is 9.94. The molecule has 1 aliphatic heterocycles. The van der Waals surface area contributed by atoms with Crippen molar-refractivity contribution in [3.05, 3.63) is 24.3 Å². The normalized spacial score (nSPS) is 19.6. The molecule has 5 heteroatoms. The van der Waals surface area contributed by atoms with Gasteiger partial charge in [-0.25, -0.2) is 0 Å². The summed E-state index contributed by atoms with van der Waals surface area (Å²) in [6.45, 7) is 2.50. The number of nitrogens with one attached hydrogen (secondary N) is 1. The van der Waals surface area contributed by atoms with E-state index in [9.17, 15) is 5.11 Å². The highest BCUT2D eigenvalue weighted by Gasteiger charge is 2.28. The Morgan fingerprint density at radius 1 is 1.38 bits per heavy atom. The van der Waals surface area contributed by atoms with Crippen molar-refractivity contribution in [2.24, 2.45) is 0 Å². The Balaban J connectivity index is 1.75. The van der Waals surface area contributed by atoms with Crippen LogP contribution in [0, 0.1) is 0 Å². The minimum Gasteiger partial charge on any atom is -0.388 e. The van der Waals surface area contributed by atoms with Gasteiger partial charge in [0.1, 0.15) is 0 Å². The smallest absolute Gasteiger partial charge is 0.0815 e. The number of rotatable bonds is 4. The Labute approximate surface area is 94.9 Å². The van der Waals surface area contributed by atoms with Crippen LogP contribution in [-0.4, -0.2) is 40.4 Å². The van der Waals surface area contributed by atoms with Crippen molar-refractivity contribution in [3.63, 3.8) is 0 Å². The van der Waals surface area contributed by atoms with Gasteiger partial charge in [-0.2, -0.15) is 0 Å². The third-order valence-electron chi connectivity index (χ3n) is 2.80. The fraction of sp³-hybridized carbons (Fsp3) is 0.636. The molecule has 0 atom stereocenters. The van der Waals surface area contributed by atoms with Crippen LogP contribution < -0.4 is 5.32 Å². The van der Waals surface area contributed by atoms with Crippen LogP contribution in [0.2, 0.25) is 0 Å². The van der Waals surface area contributed by atoms with Crippen molar-refractivity contribution < 1.29 is 9.84 Å². The second-order valence-corrected chi connectivity index (χ2v) is 4.14. The molecule has 0 amide bonds. The van der Waals surface area contributed by atoms with E-state index in [2.05, 4.69) is 15.3 Å². The van der Waals surface area contributed by atoms with Gasteiger partial charge in [0.2, 0.25) is 0 Å². The third kappa shape index (κ3) is 3.23. The van der Waals surface area contributed by atoms with E-state index in [0.717, 1.165) is 5.69 Å². The summed E-state index contributed by atoms with van der Waals surface area (Å²) in [5.74, 6) is 0. The third-order valence-corrected chi connectivity index (χ3v) is 2.80. The minimum atomic E-state index is -0.625. The summed E-state index contributed by atoms with van der Waals surface area (Å²) < 4.78 is 5.22. The molecule has 2 N–H and O–H groups in total. The Hall–Kier alpha value is -1.04. The second-order valence-electron chi connectivity index (χ2n) is 4.14. The molecule has 0 saturated carbocycles. The largest absolute Gasteiger partial charge is 0.388 e. The van der Waals surface area contributed by atoms with Gasteiger partial charge in [0.05, 0.1) is 11.3 Å². The molecule has 0 radical (unpaired) electrons. The lowest BCUT2D eigenvalue weighted by Gasteiger charge is -2.32. The molecular formula is C11H17N3O2. The first-order valence-electron chi connectivity index (χ1n) is 5.54. The molecule has 2 heterocycles. The summed E-state index contributed by atoms with van der Waals surface area (Å²) in [7, 11) is 0. The maximum atomic E-state index is 10.2. The standard InChI is InChI=1S/C11H17N3O2/c15-11(1-5-16-6-2-11)9-13-8-10-7-12-3-4-14-10/h3-4,7,13,15H,1-2,5-6,8-9H2. The van der Waals surface area contributed by atoms with Gasteiger partial charge in [0, 0.05) is 57.7 Å². The molecule has 16 heavy (non-hydrogen) atoms. The SMILES string of the molecule is OC1(CNCc2cnccn2)CCOCC1. The van der Waals surface area contributed by atoms with Crippen molar-refractivity contribution in [1.29, 1.82) is 0 Å². The molecule has 0 spiro atoms. The highest BCUT2D eigenvalue weighted by Crippen LogP contribution is 2.19. The van der Waals surface area contributed by atoms with E-state index in [1.165, 1.54) is 0 Å². The highest BCUT2D eigenvalue weighted by atomic mass is 16.5. The topological polar surface area (TPSA) is 67.3 Å². The Morgan fingerprint density at radius 3 is 2.88 bits per heavy atom. The maximum absolute atomic E-state index is 10.2. The number of ether oxygens (including phenoxy) is 1. The van der Waals surface area contributed by atoms with E-state index < -0.39 is 5.60 Å². The lowest BCUT2D eigenvalue weighted by Crippen LogP contribution is -2.44. The molecule has 0 bridgehead atoms. The zero-order valence-corrected chi connectivity index (χ0v) is 9.22. The number of hydrogen-bond donors (Lipinski definition) is 2. The minimum absolute atomic E-state index is 0.576. The zero-order valence-electron chi connectivity index (χ0n) is 9.22. The summed E-state index contributed by atoms with van der Waals surface area (Å²) in [5, 5.41) is 13.4. The maximum Gasteiger partial charge on any atom is 0.0815 e. The van der Waals surface area contributed by atoms with Crippen LogP contribution in [0.1, 0.15) is 18.5 Å². The van der Waals surface area contributed by atoms with Crippen molar-refractivity contribution in [1.82, 2.24) is 15.3 Å². The summed E-state index contributed by atoms with van der Waals surface area (Å²) >= 11 is 0. The van der Waals surface area contributed by atoms with Gasteiger partial charge in [0.25, 0.3) is 0 Å². The predicted molar refractivity (Wildman–Crippen MR) is 58.7 cm³/mol. The van der Waals surface area contributed by atoms with Crippen molar-refractivity contribution in [2.45, 2.75) is 25.0 Å². The molecule has 1 fully saturated rings. The van der Waals surface area contributed by atoms with E-state index in [4.69, 9.17) is 4.74 Å². The molecular weight excluding hydrogens is 206 g/mol. The zero-order chi connectivity index (χ0) is 11.3. The van der Waals surface area contributed by atoms with Gasteiger partial charge in [0.15, 0.2) is 0 Å². The average Bonchev–Trinajstić information content (AvgIpc) is 2.31. The number of nitrogens with zero attached hydrogens (tertiary/aromatic N) is 2. The van der Waals surface area contributed by atoms with Crippen LogP contribution >= 0.6 is 0 Å². The lowest BCUT2D eigenvalue weighted by molar-refractivity contribution is -0.0617. The Bertz CT molecular complexity index is 312. The molecule has 2 rings (SSSR count). The van der Waals surface area contributed by atoms with E-state index in [-0.39, 0.29) is 0 Å². The van der Waals surface area contributed by atoms with Crippen LogP contribution in [-0.2, 0) is 11.3 Å². The first kappa shape index (κ1) is 11.4. The molecule has 0 unspecified atom stereocenters. The highest BCUT2D eigenvalue weighted by molar-refractivity contribution is 4.94. The summed E-state index contributed by atoms with van der Waals surface area (Å²) in [5.41, 5.74) is 0.263. The summed E-state index contributed by atoms with van der Waals surface area (Å²) in [6, 6.07) is 0. The van der Waals surface area contributed by atoms with E-state index >= 15 is 0 Å². The van der Waals surface area contributed by atoms with Gasteiger partial charge in [-0.15, -0.1) is 0 Å². The van der Waals surface area contributed by atoms with Crippen molar-refractivity contribution >= 4 is 0 Å². The quantitative estimate of drug-likeness (QED) is 0.758. The van der Waals surface area contributed by atoms with Crippen LogP contribution in [0.3, 0.4) is 0 Å². The molecule has 1 saturated heterocycles. The monoisotopic (exact) mass is 223 g/mol. The molecule has 5 nitrogen and oxygen atoms in total. The van der Waals surface area contributed by atoms with Gasteiger partial charge in [-0.3, -0.25) is 9.97 Å². The molecule has 1 aliphatic rings. The van der Waals surface area contributed by atoms with Crippen molar-refractivity contribution in [2.75, 3.05) is 19.8 Å². The fourth-order valence-corrected chi connectivity index (χ4v) is 1.77. The van der Waals surface area contributed by atoms with Crippen LogP contribution in [0.15, 0.2) is 18.6 Å². The number of hydrogen-bond acceptors (Lipinski definition) is 5. The van der Waals surface area contributed by atoms with Gasteiger partial charge in [-0.05, 0) is 0 Å². The molecule has 88 valence electrons. The van der Waals surface area contributed by atoms with E-state index in [1.807, 2.05) is 0 Å². The van der Waals surface area contributed by atoms with E-state index in [0.29, 0.717) is 39.1 Å². The Kier molecular flexibility index (Phi) is 3.82. The molecule has 0 aliphatic carbocycles. The first-order valence-corrected chi connectivity index (χ1v) is 5.54. The Morgan fingerprint density at radius 2 is 2.19 bits per heavy atom. The molecule has 1 aromatic rings. The second kappa shape index (κ2) is 5.34.